The molecule has 140 valence electrons. The molecule has 0 bridgehead atoms. The molecule has 0 spiro atoms. The Kier molecular flexibility index (Phi) is 9.20. The zero-order valence-corrected chi connectivity index (χ0v) is 16.2. The second-order valence-corrected chi connectivity index (χ2v) is 8.41. The maximum Gasteiger partial charge on any atom is 0.309 e. The first-order chi connectivity index (χ1) is 11.7. The number of esters is 1. The van der Waals surface area contributed by atoms with Gasteiger partial charge in [0.1, 0.15) is 6.10 Å². The molecule has 2 heteroatoms. The number of hydrogen-bond acceptors (Lipinski definition) is 2. The van der Waals surface area contributed by atoms with E-state index in [2.05, 4.69) is 13.8 Å². The van der Waals surface area contributed by atoms with Crippen molar-refractivity contribution in [1.29, 1.82) is 0 Å². The second kappa shape index (κ2) is 11.2. The van der Waals surface area contributed by atoms with Crippen molar-refractivity contribution in [3.05, 3.63) is 0 Å². The highest BCUT2D eigenvalue weighted by atomic mass is 16.5. The summed E-state index contributed by atoms with van der Waals surface area (Å²) in [5, 5.41) is 0. The Labute approximate surface area is 150 Å². The van der Waals surface area contributed by atoms with Crippen LogP contribution in [-0.4, -0.2) is 12.1 Å². The molecule has 0 heterocycles. The first-order valence-electron chi connectivity index (χ1n) is 10.9. The number of rotatable bonds is 9. The first-order valence-corrected chi connectivity index (χ1v) is 10.9. The summed E-state index contributed by atoms with van der Waals surface area (Å²) in [5.74, 6) is 2.06. The van der Waals surface area contributed by atoms with Crippen LogP contribution < -0.4 is 0 Å². The fourth-order valence-electron chi connectivity index (χ4n) is 4.64. The summed E-state index contributed by atoms with van der Waals surface area (Å²) in [7, 11) is 0. The van der Waals surface area contributed by atoms with Crippen molar-refractivity contribution in [3.63, 3.8) is 0 Å². The van der Waals surface area contributed by atoms with Gasteiger partial charge in [0.2, 0.25) is 0 Å². The third-order valence-corrected chi connectivity index (χ3v) is 6.55. The molecule has 0 N–H and O–H groups in total. The molecule has 0 radical (unpaired) electrons. The van der Waals surface area contributed by atoms with E-state index in [4.69, 9.17) is 4.74 Å². The summed E-state index contributed by atoms with van der Waals surface area (Å²) in [6.07, 6.45) is 19.1. The Morgan fingerprint density at radius 1 is 0.792 bits per heavy atom. The van der Waals surface area contributed by atoms with Crippen molar-refractivity contribution in [2.75, 3.05) is 0 Å². The van der Waals surface area contributed by atoms with Gasteiger partial charge in [-0.25, -0.2) is 0 Å². The van der Waals surface area contributed by atoms with Gasteiger partial charge in [0.05, 0.1) is 5.92 Å². The quantitative estimate of drug-likeness (QED) is 0.347. The minimum atomic E-state index is 0.122. The number of carbonyl (C=O) groups excluding carboxylic acids is 1. The standard InChI is InChI=1S/C22H40O2/c1-3-5-6-7-8-9-19-10-14-20(15-11-19)22(23)24-21-16-12-18(4-2)13-17-21/h18-21H,3-17H2,1-2H3. The molecule has 24 heavy (non-hydrogen) atoms. The van der Waals surface area contributed by atoms with E-state index in [0.29, 0.717) is 0 Å². The monoisotopic (exact) mass is 336 g/mol. The highest BCUT2D eigenvalue weighted by Crippen LogP contribution is 2.34. The Morgan fingerprint density at radius 3 is 2.04 bits per heavy atom. The molecular formula is C22H40O2. The van der Waals surface area contributed by atoms with Crippen molar-refractivity contribution in [2.24, 2.45) is 17.8 Å². The molecule has 0 amide bonds. The van der Waals surface area contributed by atoms with E-state index in [9.17, 15) is 4.79 Å². The zero-order chi connectivity index (χ0) is 17.2. The van der Waals surface area contributed by atoms with E-state index in [1.54, 1.807) is 0 Å². The molecule has 2 aliphatic carbocycles. The van der Waals surface area contributed by atoms with Crippen molar-refractivity contribution < 1.29 is 9.53 Å². The summed E-state index contributed by atoms with van der Waals surface area (Å²) >= 11 is 0. The molecule has 0 aromatic carbocycles. The van der Waals surface area contributed by atoms with E-state index in [1.165, 1.54) is 70.6 Å². The van der Waals surface area contributed by atoms with Gasteiger partial charge in [-0.1, -0.05) is 58.8 Å². The molecule has 0 aromatic rings. The summed E-state index contributed by atoms with van der Waals surface area (Å²) in [5.41, 5.74) is 0. The summed E-state index contributed by atoms with van der Waals surface area (Å²) in [4.78, 5) is 12.4. The van der Waals surface area contributed by atoms with Gasteiger partial charge in [-0.05, 0) is 63.2 Å². The van der Waals surface area contributed by atoms with Crippen LogP contribution in [0.3, 0.4) is 0 Å². The summed E-state index contributed by atoms with van der Waals surface area (Å²) in [6.45, 7) is 4.55. The fraction of sp³-hybridized carbons (Fsp3) is 0.955. The summed E-state index contributed by atoms with van der Waals surface area (Å²) < 4.78 is 5.85. The number of hydrogen-bond donors (Lipinski definition) is 0. The lowest BCUT2D eigenvalue weighted by Gasteiger charge is -2.31. The second-order valence-electron chi connectivity index (χ2n) is 8.41. The third-order valence-electron chi connectivity index (χ3n) is 6.55. The summed E-state index contributed by atoms with van der Waals surface area (Å²) in [6, 6.07) is 0. The van der Waals surface area contributed by atoms with Gasteiger partial charge in [0.25, 0.3) is 0 Å². The number of carbonyl (C=O) groups is 1. The van der Waals surface area contributed by atoms with Crippen LogP contribution in [0, 0.1) is 17.8 Å². The van der Waals surface area contributed by atoms with Gasteiger partial charge in [0, 0.05) is 0 Å². The van der Waals surface area contributed by atoms with Gasteiger partial charge >= 0.3 is 5.97 Å². The van der Waals surface area contributed by atoms with Gasteiger partial charge in [-0.2, -0.15) is 0 Å². The molecule has 2 rings (SSSR count). The maximum atomic E-state index is 12.4. The Bertz CT molecular complexity index is 336. The third kappa shape index (κ3) is 6.76. The van der Waals surface area contributed by atoms with Gasteiger partial charge in [-0.3, -0.25) is 4.79 Å². The Morgan fingerprint density at radius 2 is 1.42 bits per heavy atom. The lowest BCUT2D eigenvalue weighted by molar-refractivity contribution is -0.157. The van der Waals surface area contributed by atoms with E-state index >= 15 is 0 Å². The molecule has 2 saturated carbocycles. The molecule has 0 aliphatic heterocycles. The smallest absolute Gasteiger partial charge is 0.309 e. The average molecular weight is 337 g/mol. The fourth-order valence-corrected chi connectivity index (χ4v) is 4.64. The predicted molar refractivity (Wildman–Crippen MR) is 101 cm³/mol. The molecule has 2 fully saturated rings. The van der Waals surface area contributed by atoms with Crippen molar-refractivity contribution in [3.8, 4) is 0 Å². The lowest BCUT2D eigenvalue weighted by Crippen LogP contribution is -2.30. The molecular weight excluding hydrogens is 296 g/mol. The van der Waals surface area contributed by atoms with E-state index in [-0.39, 0.29) is 18.0 Å². The number of unbranched alkanes of at least 4 members (excludes halogenated alkanes) is 4. The van der Waals surface area contributed by atoms with E-state index in [1.807, 2.05) is 0 Å². The van der Waals surface area contributed by atoms with Gasteiger partial charge < -0.3 is 4.74 Å². The van der Waals surface area contributed by atoms with Crippen LogP contribution in [0.25, 0.3) is 0 Å². The van der Waals surface area contributed by atoms with Crippen LogP contribution in [0.5, 0.6) is 0 Å². The van der Waals surface area contributed by atoms with Crippen LogP contribution in [0.2, 0.25) is 0 Å². The molecule has 0 unspecified atom stereocenters. The molecule has 2 aliphatic rings. The van der Waals surface area contributed by atoms with Crippen LogP contribution in [-0.2, 0) is 9.53 Å². The maximum absolute atomic E-state index is 12.4. The van der Waals surface area contributed by atoms with Crippen LogP contribution in [0.1, 0.15) is 110 Å². The zero-order valence-electron chi connectivity index (χ0n) is 16.2. The van der Waals surface area contributed by atoms with Gasteiger partial charge in [-0.15, -0.1) is 0 Å². The van der Waals surface area contributed by atoms with E-state index < -0.39 is 0 Å². The SMILES string of the molecule is CCCCCCCC1CCC(C(=O)OC2CCC(CC)CC2)CC1. The topological polar surface area (TPSA) is 26.3 Å². The first kappa shape index (κ1) is 19.8. The van der Waals surface area contributed by atoms with E-state index in [0.717, 1.165) is 37.5 Å². The molecule has 0 atom stereocenters. The minimum absolute atomic E-state index is 0.122. The van der Waals surface area contributed by atoms with Crippen LogP contribution in [0.4, 0.5) is 0 Å². The van der Waals surface area contributed by atoms with Crippen molar-refractivity contribution in [1.82, 2.24) is 0 Å². The minimum Gasteiger partial charge on any atom is -0.462 e. The van der Waals surface area contributed by atoms with Crippen LogP contribution >= 0.6 is 0 Å². The average Bonchev–Trinajstić information content (AvgIpc) is 2.62. The highest BCUT2D eigenvalue weighted by Gasteiger charge is 2.30. The van der Waals surface area contributed by atoms with Crippen molar-refractivity contribution >= 4 is 5.97 Å². The van der Waals surface area contributed by atoms with Crippen LogP contribution in [0.15, 0.2) is 0 Å². The molecule has 0 saturated heterocycles. The highest BCUT2D eigenvalue weighted by molar-refractivity contribution is 5.72. The van der Waals surface area contributed by atoms with Gasteiger partial charge in [0.15, 0.2) is 0 Å². The molecule has 2 nitrogen and oxygen atoms in total. The lowest BCUT2D eigenvalue weighted by atomic mass is 9.79. The predicted octanol–water partition coefficient (Wildman–Crippen LogP) is 6.67. The number of ether oxygens (including phenoxy) is 1. The largest absolute Gasteiger partial charge is 0.462 e. The Balaban J connectivity index is 1.57. The normalized spacial score (nSPS) is 30.9. The van der Waals surface area contributed by atoms with Crippen molar-refractivity contribution in [2.45, 2.75) is 116 Å². The molecule has 0 aromatic heterocycles. The Hall–Kier alpha value is -0.530.